The Balaban J connectivity index is 1.04. The van der Waals surface area contributed by atoms with Crippen molar-refractivity contribution in [3.8, 4) is 0 Å². The molecule has 2 atom stereocenters. The van der Waals surface area contributed by atoms with Crippen LogP contribution >= 0.6 is 0 Å². The Morgan fingerprint density at radius 3 is 2.33 bits per heavy atom. The molecule has 8 heteroatoms. The van der Waals surface area contributed by atoms with Crippen molar-refractivity contribution in [2.45, 2.75) is 57.1 Å². The quantitative estimate of drug-likeness (QED) is 0.368. The topological polar surface area (TPSA) is 76.6 Å². The Bertz CT molecular complexity index is 1480. The molecule has 3 saturated heterocycles. The molecule has 7 rings (SSSR count). The maximum atomic E-state index is 13.8. The lowest BCUT2D eigenvalue weighted by Gasteiger charge is -2.58. The van der Waals surface area contributed by atoms with E-state index in [1.54, 1.807) is 24.4 Å². The number of halogens is 1. The molecule has 1 spiro atoms. The number of allylic oxidation sites excluding steroid dienone is 1. The second-order valence-electron chi connectivity index (χ2n) is 12.8. The van der Waals surface area contributed by atoms with Crippen LogP contribution in [0.3, 0.4) is 0 Å². The maximum absolute atomic E-state index is 13.8. The summed E-state index contributed by atoms with van der Waals surface area (Å²) in [4.78, 5) is 24.6. The fourth-order valence-electron chi connectivity index (χ4n) is 7.14. The van der Waals surface area contributed by atoms with Gasteiger partial charge in [-0.05, 0) is 79.5 Å². The van der Waals surface area contributed by atoms with Gasteiger partial charge in [0, 0.05) is 57.0 Å². The minimum Gasteiger partial charge on any atom is -0.381 e. The first kappa shape index (κ1) is 28.3. The predicted molar refractivity (Wildman–Crippen MR) is 162 cm³/mol. The van der Waals surface area contributed by atoms with Gasteiger partial charge in [0.15, 0.2) is 0 Å². The SMILES string of the molecule is C[C@@H](NC(=O)c1ccnc(C2CCOCC2)n1)c1ccc(C(=C2CC3(C2)CN(C[C@@H]2CCO2)C3)c2ccc(F)cc2)cc1. The van der Waals surface area contributed by atoms with Crippen LogP contribution in [0.5, 0.6) is 0 Å². The summed E-state index contributed by atoms with van der Waals surface area (Å²) in [6.07, 6.45) is 7.17. The Labute approximate surface area is 252 Å². The number of carbonyl (C=O) groups is 1. The Morgan fingerprint density at radius 1 is 1.00 bits per heavy atom. The van der Waals surface area contributed by atoms with E-state index in [0.29, 0.717) is 36.3 Å². The van der Waals surface area contributed by atoms with E-state index in [4.69, 9.17) is 9.47 Å². The lowest BCUT2D eigenvalue weighted by molar-refractivity contribution is -0.108. The number of hydrogen-bond donors (Lipinski definition) is 1. The van der Waals surface area contributed by atoms with Gasteiger partial charge in [-0.2, -0.15) is 0 Å². The van der Waals surface area contributed by atoms with Crippen molar-refractivity contribution in [2.24, 2.45) is 5.41 Å². The molecule has 7 nitrogen and oxygen atoms in total. The Morgan fingerprint density at radius 2 is 1.67 bits per heavy atom. The van der Waals surface area contributed by atoms with Gasteiger partial charge in [-0.15, -0.1) is 0 Å². The Hall–Kier alpha value is -3.46. The van der Waals surface area contributed by atoms with Gasteiger partial charge >= 0.3 is 0 Å². The highest BCUT2D eigenvalue weighted by Gasteiger charge is 2.51. The summed E-state index contributed by atoms with van der Waals surface area (Å²) in [5.74, 6) is 0.509. The molecule has 1 saturated carbocycles. The molecule has 1 N–H and O–H groups in total. The highest BCUT2D eigenvalue weighted by molar-refractivity contribution is 5.92. The van der Waals surface area contributed by atoms with E-state index >= 15 is 0 Å². The maximum Gasteiger partial charge on any atom is 0.270 e. The minimum absolute atomic E-state index is 0.197. The molecule has 4 aliphatic rings. The van der Waals surface area contributed by atoms with Crippen molar-refractivity contribution < 1.29 is 18.7 Å². The number of amides is 1. The number of likely N-dealkylation sites (tertiary alicyclic amines) is 1. The zero-order chi connectivity index (χ0) is 29.4. The molecule has 1 aromatic heterocycles. The lowest BCUT2D eigenvalue weighted by Crippen LogP contribution is -2.62. The van der Waals surface area contributed by atoms with E-state index in [0.717, 1.165) is 68.6 Å². The van der Waals surface area contributed by atoms with Crippen LogP contribution in [0, 0.1) is 11.2 Å². The first-order valence-corrected chi connectivity index (χ1v) is 15.6. The summed E-state index contributed by atoms with van der Waals surface area (Å²) in [5.41, 5.74) is 6.57. The largest absolute Gasteiger partial charge is 0.381 e. The molecule has 1 aliphatic carbocycles. The molecule has 0 unspecified atom stereocenters. The van der Waals surface area contributed by atoms with Gasteiger partial charge in [0.2, 0.25) is 0 Å². The molecule has 1 amide bonds. The van der Waals surface area contributed by atoms with Crippen molar-refractivity contribution in [1.29, 1.82) is 0 Å². The van der Waals surface area contributed by atoms with Gasteiger partial charge in [0.25, 0.3) is 5.91 Å². The number of benzene rings is 2. The molecule has 4 heterocycles. The number of rotatable bonds is 8. The highest BCUT2D eigenvalue weighted by atomic mass is 19.1. The van der Waals surface area contributed by atoms with E-state index in [1.165, 1.54) is 17.6 Å². The summed E-state index contributed by atoms with van der Waals surface area (Å²) in [6, 6.07) is 16.7. The second-order valence-corrected chi connectivity index (χ2v) is 12.8. The molecule has 0 bridgehead atoms. The van der Waals surface area contributed by atoms with Crippen LogP contribution in [-0.4, -0.2) is 66.3 Å². The number of ether oxygens (including phenoxy) is 2. The van der Waals surface area contributed by atoms with Crippen LogP contribution in [0.2, 0.25) is 0 Å². The van der Waals surface area contributed by atoms with Gasteiger partial charge in [-0.25, -0.2) is 14.4 Å². The van der Waals surface area contributed by atoms with Crippen molar-refractivity contribution in [2.75, 3.05) is 39.5 Å². The van der Waals surface area contributed by atoms with Crippen molar-refractivity contribution in [3.05, 3.63) is 100 Å². The third-order valence-corrected chi connectivity index (χ3v) is 9.58. The van der Waals surface area contributed by atoms with E-state index in [1.807, 2.05) is 19.1 Å². The smallest absolute Gasteiger partial charge is 0.270 e. The number of carbonyl (C=O) groups excluding carboxylic acids is 1. The predicted octanol–water partition coefficient (Wildman–Crippen LogP) is 5.69. The summed E-state index contributed by atoms with van der Waals surface area (Å²) >= 11 is 0. The number of nitrogens with zero attached hydrogens (tertiary/aromatic N) is 3. The van der Waals surface area contributed by atoms with E-state index in [-0.39, 0.29) is 23.7 Å². The molecule has 3 aromatic rings. The fourth-order valence-corrected chi connectivity index (χ4v) is 7.14. The average Bonchev–Trinajstić information content (AvgIpc) is 2.97. The summed E-state index contributed by atoms with van der Waals surface area (Å²) in [6.45, 7) is 7.61. The van der Waals surface area contributed by atoms with Crippen molar-refractivity contribution in [1.82, 2.24) is 20.2 Å². The monoisotopic (exact) mass is 582 g/mol. The molecular formula is C35H39FN4O3. The van der Waals surface area contributed by atoms with Gasteiger partial charge in [0.05, 0.1) is 12.1 Å². The van der Waals surface area contributed by atoms with E-state index in [9.17, 15) is 9.18 Å². The third kappa shape index (κ3) is 6.01. The highest BCUT2D eigenvalue weighted by Crippen LogP contribution is 2.54. The van der Waals surface area contributed by atoms with Crippen LogP contribution in [-0.2, 0) is 9.47 Å². The summed E-state index contributed by atoms with van der Waals surface area (Å²) in [5, 5.41) is 3.11. The normalized spacial score (nSPS) is 22.3. The van der Waals surface area contributed by atoms with Crippen molar-refractivity contribution >= 4 is 11.5 Å². The zero-order valence-corrected chi connectivity index (χ0v) is 24.7. The fraction of sp³-hybridized carbons (Fsp3) is 0.457. The third-order valence-electron chi connectivity index (χ3n) is 9.58. The molecule has 0 radical (unpaired) electrons. The van der Waals surface area contributed by atoms with Crippen LogP contribution < -0.4 is 5.32 Å². The molecule has 4 fully saturated rings. The van der Waals surface area contributed by atoms with Crippen molar-refractivity contribution in [3.63, 3.8) is 0 Å². The lowest BCUT2D eigenvalue weighted by atomic mass is 9.59. The average molecular weight is 583 g/mol. The number of nitrogens with one attached hydrogen (secondary N) is 1. The molecule has 3 aliphatic heterocycles. The van der Waals surface area contributed by atoms with Gasteiger partial charge in [-0.3, -0.25) is 9.69 Å². The van der Waals surface area contributed by atoms with Crippen LogP contribution in [0.4, 0.5) is 4.39 Å². The first-order chi connectivity index (χ1) is 20.9. The first-order valence-electron chi connectivity index (χ1n) is 15.6. The second kappa shape index (κ2) is 11.9. The Kier molecular flexibility index (Phi) is 7.84. The molecular weight excluding hydrogens is 543 g/mol. The standard InChI is InChI=1S/C35H39FN4O3/c1-23(38-34(41)31-10-14-37-33(39-31)27-11-15-42-16-12-27)24-2-4-25(5-3-24)32(26-6-8-29(36)9-7-26)28-18-35(19-28)21-40(22-35)20-30-13-17-43-30/h2-10,14,23,27,30H,11-13,15-22H2,1H3,(H,38,41)/t23-,30+/m1/s1. The molecule has 2 aromatic carbocycles. The number of aromatic nitrogens is 2. The van der Waals surface area contributed by atoms with Crippen LogP contribution in [0.1, 0.15) is 84.0 Å². The van der Waals surface area contributed by atoms with E-state index < -0.39 is 0 Å². The summed E-state index contributed by atoms with van der Waals surface area (Å²) < 4.78 is 24.9. The van der Waals surface area contributed by atoms with Gasteiger partial charge < -0.3 is 14.8 Å². The van der Waals surface area contributed by atoms with E-state index in [2.05, 4.69) is 44.5 Å². The zero-order valence-electron chi connectivity index (χ0n) is 24.7. The molecule has 224 valence electrons. The summed E-state index contributed by atoms with van der Waals surface area (Å²) in [7, 11) is 0. The van der Waals surface area contributed by atoms with Gasteiger partial charge in [0.1, 0.15) is 17.3 Å². The minimum atomic E-state index is -0.227. The van der Waals surface area contributed by atoms with Gasteiger partial charge in [-0.1, -0.05) is 42.0 Å². The van der Waals surface area contributed by atoms with Crippen LogP contribution in [0.15, 0.2) is 66.4 Å². The van der Waals surface area contributed by atoms with Crippen LogP contribution in [0.25, 0.3) is 5.57 Å². The molecule has 43 heavy (non-hydrogen) atoms. The number of hydrogen-bond acceptors (Lipinski definition) is 6.